The van der Waals surface area contributed by atoms with Gasteiger partial charge >= 0.3 is 0 Å². The first-order valence-electron chi connectivity index (χ1n) is 11.3. The molecule has 0 spiro atoms. The monoisotopic (exact) mass is 439 g/mol. The molecule has 0 unspecified atom stereocenters. The van der Waals surface area contributed by atoms with Crippen LogP contribution >= 0.6 is 0 Å². The van der Waals surface area contributed by atoms with Gasteiger partial charge < -0.3 is 20.5 Å². The molecule has 6 nitrogen and oxygen atoms in total. The van der Waals surface area contributed by atoms with Crippen molar-refractivity contribution in [3.8, 4) is 0 Å². The molecule has 0 fully saturated rings. The molecule has 1 aromatic heterocycles. The normalized spacial score (nSPS) is 11.5. The highest BCUT2D eigenvalue weighted by molar-refractivity contribution is 5.98. The van der Waals surface area contributed by atoms with Gasteiger partial charge in [0.2, 0.25) is 5.95 Å². The first kappa shape index (κ1) is 23.7. The Balaban J connectivity index is 2.00. The van der Waals surface area contributed by atoms with Crippen LogP contribution in [0.1, 0.15) is 44.5 Å². The van der Waals surface area contributed by atoms with E-state index in [1.165, 1.54) is 6.07 Å². The van der Waals surface area contributed by atoms with Crippen LogP contribution in [-0.4, -0.2) is 40.0 Å². The minimum absolute atomic E-state index is 0.0180. The molecule has 2 aromatic carbocycles. The van der Waals surface area contributed by atoms with Crippen LogP contribution in [-0.2, 0) is 6.54 Å². The molecule has 0 saturated carbocycles. The van der Waals surface area contributed by atoms with Crippen LogP contribution in [0.15, 0.2) is 42.5 Å². The number of aromatic nitrogens is 2. The van der Waals surface area contributed by atoms with Crippen LogP contribution in [0.3, 0.4) is 0 Å². The van der Waals surface area contributed by atoms with E-state index in [1.54, 1.807) is 18.2 Å². The molecular weight excluding hydrogens is 405 g/mol. The van der Waals surface area contributed by atoms with Gasteiger partial charge in [0, 0.05) is 25.2 Å². The van der Waals surface area contributed by atoms with E-state index in [0.717, 1.165) is 17.5 Å². The van der Waals surface area contributed by atoms with E-state index in [2.05, 4.69) is 38.0 Å². The van der Waals surface area contributed by atoms with Crippen LogP contribution in [0.2, 0.25) is 0 Å². The lowest BCUT2D eigenvalue weighted by Crippen LogP contribution is -2.37. The van der Waals surface area contributed by atoms with Crippen LogP contribution in [0.25, 0.3) is 11.0 Å². The van der Waals surface area contributed by atoms with E-state index in [9.17, 15) is 9.18 Å². The predicted octanol–water partition coefficient (Wildman–Crippen LogP) is 5.02. The zero-order valence-corrected chi connectivity index (χ0v) is 19.4. The third kappa shape index (κ3) is 5.65. The molecule has 3 rings (SSSR count). The maximum absolute atomic E-state index is 14.2. The number of nitrogens with zero attached hydrogens (tertiary/aromatic N) is 3. The topological polar surface area (TPSA) is 76.2 Å². The van der Waals surface area contributed by atoms with Crippen LogP contribution in [0.5, 0.6) is 0 Å². The SMILES string of the molecule is CC(C)CN(CC(C)C)C(=O)c1ccc2nc(Nc3ccccc3F)n(CCCN)c2c1. The van der Waals surface area contributed by atoms with Crippen molar-refractivity contribution in [1.29, 1.82) is 0 Å². The van der Waals surface area contributed by atoms with Crippen LogP contribution in [0, 0.1) is 17.7 Å². The number of benzene rings is 2. The smallest absolute Gasteiger partial charge is 0.253 e. The van der Waals surface area contributed by atoms with Gasteiger partial charge in [0.1, 0.15) is 5.82 Å². The third-order valence-electron chi connectivity index (χ3n) is 5.16. The molecule has 0 aliphatic heterocycles. The number of nitrogens with one attached hydrogen (secondary N) is 1. The molecule has 0 atom stereocenters. The van der Waals surface area contributed by atoms with Crippen molar-refractivity contribution >= 4 is 28.6 Å². The molecule has 3 aromatic rings. The number of hydrogen-bond acceptors (Lipinski definition) is 4. The van der Waals surface area contributed by atoms with Gasteiger partial charge in [0.15, 0.2) is 0 Å². The maximum atomic E-state index is 14.2. The molecule has 0 saturated heterocycles. The zero-order valence-electron chi connectivity index (χ0n) is 19.4. The van der Waals surface area contributed by atoms with Crippen molar-refractivity contribution in [3.63, 3.8) is 0 Å². The Morgan fingerprint density at radius 3 is 2.44 bits per heavy atom. The summed E-state index contributed by atoms with van der Waals surface area (Å²) in [5.74, 6) is 0.967. The number of fused-ring (bicyclic) bond motifs is 1. The molecule has 7 heteroatoms. The Hall–Kier alpha value is -2.93. The molecular formula is C25H34FN5O. The van der Waals surface area contributed by atoms with Gasteiger partial charge in [-0.25, -0.2) is 9.37 Å². The van der Waals surface area contributed by atoms with Gasteiger partial charge in [0.25, 0.3) is 5.91 Å². The van der Waals surface area contributed by atoms with Crippen molar-refractivity contribution < 1.29 is 9.18 Å². The molecule has 0 aliphatic rings. The summed E-state index contributed by atoms with van der Waals surface area (Å²) in [5.41, 5.74) is 8.31. The quantitative estimate of drug-likeness (QED) is 0.465. The number of para-hydroxylation sites is 1. The van der Waals surface area contributed by atoms with Crippen molar-refractivity contribution in [3.05, 3.63) is 53.8 Å². The number of hydrogen-bond donors (Lipinski definition) is 2. The van der Waals surface area contributed by atoms with E-state index in [0.29, 0.717) is 55.2 Å². The second kappa shape index (κ2) is 10.6. The summed E-state index contributed by atoms with van der Waals surface area (Å²) in [7, 11) is 0. The first-order chi connectivity index (χ1) is 15.3. The van der Waals surface area contributed by atoms with Crippen molar-refractivity contribution in [2.45, 2.75) is 40.7 Å². The lowest BCUT2D eigenvalue weighted by molar-refractivity contribution is 0.0715. The largest absolute Gasteiger partial charge is 0.338 e. The fourth-order valence-electron chi connectivity index (χ4n) is 3.81. The van der Waals surface area contributed by atoms with E-state index in [4.69, 9.17) is 5.73 Å². The Morgan fingerprint density at radius 2 is 1.81 bits per heavy atom. The molecule has 3 N–H and O–H groups in total. The van der Waals surface area contributed by atoms with Gasteiger partial charge in [-0.1, -0.05) is 39.8 Å². The fraction of sp³-hybridized carbons (Fsp3) is 0.440. The average molecular weight is 440 g/mol. The lowest BCUT2D eigenvalue weighted by Gasteiger charge is -2.26. The molecule has 1 heterocycles. The number of aryl methyl sites for hydroxylation is 1. The van der Waals surface area contributed by atoms with Gasteiger partial charge in [-0.05, 0) is 55.1 Å². The number of anilines is 2. The highest BCUT2D eigenvalue weighted by atomic mass is 19.1. The Labute approximate surface area is 189 Å². The van der Waals surface area contributed by atoms with E-state index in [-0.39, 0.29) is 11.7 Å². The molecule has 0 radical (unpaired) electrons. The number of nitrogens with two attached hydrogens (primary N) is 1. The van der Waals surface area contributed by atoms with Gasteiger partial charge in [-0.2, -0.15) is 0 Å². The highest BCUT2D eigenvalue weighted by Crippen LogP contribution is 2.26. The summed E-state index contributed by atoms with van der Waals surface area (Å²) in [5, 5.41) is 3.10. The summed E-state index contributed by atoms with van der Waals surface area (Å²) >= 11 is 0. The summed E-state index contributed by atoms with van der Waals surface area (Å²) in [4.78, 5) is 19.9. The number of carbonyl (C=O) groups excluding carboxylic acids is 1. The first-order valence-corrected chi connectivity index (χ1v) is 11.3. The second-order valence-electron chi connectivity index (χ2n) is 9.04. The third-order valence-corrected chi connectivity index (χ3v) is 5.16. The fourth-order valence-corrected chi connectivity index (χ4v) is 3.81. The average Bonchev–Trinajstić information content (AvgIpc) is 3.08. The molecule has 172 valence electrons. The number of imidazole rings is 1. The number of rotatable bonds is 10. The minimum Gasteiger partial charge on any atom is -0.338 e. The number of carbonyl (C=O) groups is 1. The number of amides is 1. The summed E-state index contributed by atoms with van der Waals surface area (Å²) < 4.78 is 16.2. The summed E-state index contributed by atoms with van der Waals surface area (Å²) in [6.45, 7) is 11.0. The molecule has 0 aliphatic carbocycles. The molecule has 1 amide bonds. The molecule has 32 heavy (non-hydrogen) atoms. The zero-order chi connectivity index (χ0) is 23.3. The van der Waals surface area contributed by atoms with Gasteiger partial charge in [0.05, 0.1) is 16.7 Å². The second-order valence-corrected chi connectivity index (χ2v) is 9.04. The van der Waals surface area contributed by atoms with Crippen molar-refractivity contribution in [1.82, 2.24) is 14.5 Å². The van der Waals surface area contributed by atoms with Crippen molar-refractivity contribution in [2.24, 2.45) is 17.6 Å². The highest BCUT2D eigenvalue weighted by Gasteiger charge is 2.20. The predicted molar refractivity (Wildman–Crippen MR) is 129 cm³/mol. The van der Waals surface area contributed by atoms with E-state index in [1.807, 2.05) is 27.7 Å². The molecule has 0 bridgehead atoms. The van der Waals surface area contributed by atoms with E-state index >= 15 is 0 Å². The van der Waals surface area contributed by atoms with Gasteiger partial charge in [-0.3, -0.25) is 4.79 Å². The minimum atomic E-state index is -0.348. The Morgan fingerprint density at radius 1 is 1.12 bits per heavy atom. The lowest BCUT2D eigenvalue weighted by atomic mass is 10.1. The maximum Gasteiger partial charge on any atom is 0.253 e. The number of halogens is 1. The standard InChI is InChI=1S/C25H34FN5O/c1-17(2)15-30(16-18(3)4)24(32)19-10-11-22-23(14-19)31(13-7-12-27)25(29-22)28-21-9-6-5-8-20(21)26/h5-6,8-11,14,17-18H,7,12-13,15-16,27H2,1-4H3,(H,28,29). The van der Waals surface area contributed by atoms with Crippen molar-refractivity contribution in [2.75, 3.05) is 25.0 Å². The Bertz CT molecular complexity index is 1050. The summed E-state index contributed by atoms with van der Waals surface area (Å²) in [6, 6.07) is 12.1. The van der Waals surface area contributed by atoms with Gasteiger partial charge in [-0.15, -0.1) is 0 Å². The van der Waals surface area contributed by atoms with Crippen LogP contribution in [0.4, 0.5) is 16.0 Å². The van der Waals surface area contributed by atoms with E-state index < -0.39 is 0 Å². The Kier molecular flexibility index (Phi) is 7.85. The van der Waals surface area contributed by atoms with Crippen LogP contribution < -0.4 is 11.1 Å². The summed E-state index contributed by atoms with van der Waals surface area (Å²) in [6.07, 6.45) is 0.739.